The summed E-state index contributed by atoms with van der Waals surface area (Å²) in [6.07, 6.45) is 4.65. The number of halogens is 1. The number of hydrogen-bond acceptors (Lipinski definition) is 1. The molecule has 0 bridgehead atoms. The second-order valence-electron chi connectivity index (χ2n) is 4.52. The summed E-state index contributed by atoms with van der Waals surface area (Å²) in [5.41, 5.74) is 2.84. The van der Waals surface area contributed by atoms with Gasteiger partial charge in [0.15, 0.2) is 0 Å². The van der Waals surface area contributed by atoms with E-state index < -0.39 is 0 Å². The van der Waals surface area contributed by atoms with Gasteiger partial charge in [-0.05, 0) is 43.7 Å². The van der Waals surface area contributed by atoms with Crippen molar-refractivity contribution in [3.05, 3.63) is 35.4 Å². The summed E-state index contributed by atoms with van der Waals surface area (Å²) in [5, 5.41) is 0.277. The fraction of sp³-hybridized carbons (Fsp3) is 0.571. The van der Waals surface area contributed by atoms with E-state index in [2.05, 4.69) is 31.2 Å². The quantitative estimate of drug-likeness (QED) is 0.718. The first-order chi connectivity index (χ1) is 7.77. The summed E-state index contributed by atoms with van der Waals surface area (Å²) in [4.78, 5) is 0. The zero-order valence-corrected chi connectivity index (χ0v) is 10.5. The van der Waals surface area contributed by atoms with E-state index in [4.69, 9.17) is 16.3 Å². The second-order valence-corrected chi connectivity index (χ2v) is 5.26. The lowest BCUT2D eigenvalue weighted by Crippen LogP contribution is -2.16. The monoisotopic (exact) mass is 238 g/mol. The lowest BCUT2D eigenvalue weighted by molar-refractivity contribution is 0.0349. The molecule has 16 heavy (non-hydrogen) atoms. The molecule has 1 aromatic carbocycles. The highest BCUT2D eigenvalue weighted by atomic mass is 35.5. The molecule has 2 rings (SSSR count). The van der Waals surface area contributed by atoms with Gasteiger partial charge in [0.25, 0.3) is 0 Å². The number of benzene rings is 1. The second kappa shape index (κ2) is 5.70. The van der Waals surface area contributed by atoms with Crippen LogP contribution >= 0.6 is 11.6 Å². The molecule has 1 nitrogen and oxygen atoms in total. The Morgan fingerprint density at radius 1 is 1.44 bits per heavy atom. The highest BCUT2D eigenvalue weighted by Gasteiger charge is 2.19. The van der Waals surface area contributed by atoms with Crippen LogP contribution in [0.1, 0.15) is 43.4 Å². The van der Waals surface area contributed by atoms with Crippen molar-refractivity contribution in [1.29, 1.82) is 0 Å². The van der Waals surface area contributed by atoms with Gasteiger partial charge in [0.2, 0.25) is 0 Å². The standard InChI is InChI=1S/C14H19ClO/c1-11(15)5-4-8-14-13-7-3-2-6-12(13)9-10-16-14/h2-3,6-7,11,14H,4-5,8-10H2,1H3. The maximum absolute atomic E-state index is 5.95. The lowest BCUT2D eigenvalue weighted by atomic mass is 9.94. The molecule has 2 unspecified atom stereocenters. The van der Waals surface area contributed by atoms with Crippen LogP contribution in [0.2, 0.25) is 0 Å². The molecule has 0 spiro atoms. The first kappa shape index (κ1) is 11.9. The Morgan fingerprint density at radius 2 is 2.25 bits per heavy atom. The van der Waals surface area contributed by atoms with Crippen molar-refractivity contribution in [2.75, 3.05) is 6.61 Å². The topological polar surface area (TPSA) is 9.23 Å². The Bertz CT molecular complexity index is 335. The Morgan fingerprint density at radius 3 is 3.06 bits per heavy atom. The van der Waals surface area contributed by atoms with Crippen LogP contribution in [0.3, 0.4) is 0 Å². The number of fused-ring (bicyclic) bond motifs is 1. The summed E-state index contributed by atoms with van der Waals surface area (Å²) < 4.78 is 5.84. The van der Waals surface area contributed by atoms with E-state index in [1.165, 1.54) is 11.1 Å². The minimum Gasteiger partial charge on any atom is -0.373 e. The molecule has 0 amide bonds. The van der Waals surface area contributed by atoms with Gasteiger partial charge in [-0.3, -0.25) is 0 Å². The fourth-order valence-corrected chi connectivity index (χ4v) is 2.45. The van der Waals surface area contributed by atoms with Gasteiger partial charge in [-0.25, -0.2) is 0 Å². The highest BCUT2D eigenvalue weighted by Crippen LogP contribution is 2.31. The molecule has 0 saturated carbocycles. The average Bonchev–Trinajstić information content (AvgIpc) is 2.29. The van der Waals surface area contributed by atoms with E-state index in [1.807, 2.05) is 0 Å². The average molecular weight is 239 g/mol. The molecule has 1 heterocycles. The number of rotatable bonds is 4. The molecule has 0 aliphatic carbocycles. The zero-order chi connectivity index (χ0) is 11.4. The Kier molecular flexibility index (Phi) is 4.25. The Hall–Kier alpha value is -0.530. The molecular weight excluding hydrogens is 220 g/mol. The Balaban J connectivity index is 1.96. The van der Waals surface area contributed by atoms with Crippen LogP contribution in [-0.4, -0.2) is 12.0 Å². The number of hydrogen-bond donors (Lipinski definition) is 0. The van der Waals surface area contributed by atoms with Gasteiger partial charge in [-0.2, -0.15) is 0 Å². The number of ether oxygens (including phenoxy) is 1. The highest BCUT2D eigenvalue weighted by molar-refractivity contribution is 6.20. The molecule has 2 heteroatoms. The van der Waals surface area contributed by atoms with E-state index in [0.717, 1.165) is 32.3 Å². The van der Waals surface area contributed by atoms with Crippen molar-refractivity contribution in [3.63, 3.8) is 0 Å². The molecule has 0 saturated heterocycles. The first-order valence-electron chi connectivity index (χ1n) is 6.11. The summed E-state index contributed by atoms with van der Waals surface area (Å²) in [7, 11) is 0. The van der Waals surface area contributed by atoms with Crippen LogP contribution in [0.15, 0.2) is 24.3 Å². The van der Waals surface area contributed by atoms with Crippen molar-refractivity contribution < 1.29 is 4.74 Å². The predicted octanol–water partition coefficient (Wildman–Crippen LogP) is 4.10. The minimum absolute atomic E-state index is 0.277. The van der Waals surface area contributed by atoms with Gasteiger partial charge in [-0.1, -0.05) is 24.3 Å². The molecule has 2 atom stereocenters. The van der Waals surface area contributed by atoms with E-state index in [0.29, 0.717) is 6.10 Å². The third-order valence-corrected chi connectivity index (χ3v) is 3.38. The first-order valence-corrected chi connectivity index (χ1v) is 6.54. The summed E-state index contributed by atoms with van der Waals surface area (Å²) in [6, 6.07) is 8.63. The molecule has 1 aliphatic rings. The van der Waals surface area contributed by atoms with Crippen molar-refractivity contribution in [2.45, 2.75) is 44.1 Å². The van der Waals surface area contributed by atoms with Crippen LogP contribution in [0.4, 0.5) is 0 Å². The summed E-state index contributed by atoms with van der Waals surface area (Å²) in [5.74, 6) is 0. The van der Waals surface area contributed by atoms with Gasteiger partial charge in [0.05, 0.1) is 12.7 Å². The Labute approximate surface area is 103 Å². The minimum atomic E-state index is 0.277. The van der Waals surface area contributed by atoms with Crippen LogP contribution in [0.25, 0.3) is 0 Å². The predicted molar refractivity (Wildman–Crippen MR) is 68.0 cm³/mol. The molecule has 0 radical (unpaired) electrons. The maximum Gasteiger partial charge on any atom is 0.0827 e. The third-order valence-electron chi connectivity index (χ3n) is 3.16. The van der Waals surface area contributed by atoms with Crippen LogP contribution in [-0.2, 0) is 11.2 Å². The van der Waals surface area contributed by atoms with Crippen LogP contribution < -0.4 is 0 Å². The summed E-state index contributed by atoms with van der Waals surface area (Å²) >= 11 is 5.95. The molecule has 0 fully saturated rings. The van der Waals surface area contributed by atoms with E-state index in [-0.39, 0.29) is 5.38 Å². The van der Waals surface area contributed by atoms with E-state index >= 15 is 0 Å². The van der Waals surface area contributed by atoms with E-state index in [9.17, 15) is 0 Å². The largest absolute Gasteiger partial charge is 0.373 e. The number of alkyl halides is 1. The molecule has 1 aliphatic heterocycles. The smallest absolute Gasteiger partial charge is 0.0827 e. The zero-order valence-electron chi connectivity index (χ0n) is 9.79. The van der Waals surface area contributed by atoms with Crippen LogP contribution in [0, 0.1) is 0 Å². The van der Waals surface area contributed by atoms with Gasteiger partial charge >= 0.3 is 0 Å². The van der Waals surface area contributed by atoms with Crippen molar-refractivity contribution in [2.24, 2.45) is 0 Å². The molecule has 0 aromatic heterocycles. The molecule has 88 valence electrons. The van der Waals surface area contributed by atoms with Crippen LogP contribution in [0.5, 0.6) is 0 Å². The molecule has 1 aromatic rings. The van der Waals surface area contributed by atoms with Crippen molar-refractivity contribution in [1.82, 2.24) is 0 Å². The van der Waals surface area contributed by atoms with Gasteiger partial charge in [0, 0.05) is 5.38 Å². The van der Waals surface area contributed by atoms with Crippen molar-refractivity contribution >= 4 is 11.6 Å². The van der Waals surface area contributed by atoms with Gasteiger partial charge in [0.1, 0.15) is 0 Å². The lowest BCUT2D eigenvalue weighted by Gasteiger charge is -2.26. The summed E-state index contributed by atoms with van der Waals surface area (Å²) in [6.45, 7) is 2.91. The fourth-order valence-electron chi connectivity index (χ4n) is 2.30. The maximum atomic E-state index is 5.95. The van der Waals surface area contributed by atoms with Gasteiger partial charge < -0.3 is 4.74 Å². The van der Waals surface area contributed by atoms with Crippen molar-refractivity contribution in [3.8, 4) is 0 Å². The molecule has 0 N–H and O–H groups in total. The van der Waals surface area contributed by atoms with Gasteiger partial charge in [-0.15, -0.1) is 11.6 Å². The molecular formula is C14H19ClO. The normalized spacial score (nSPS) is 21.5. The third kappa shape index (κ3) is 2.99. The van der Waals surface area contributed by atoms with E-state index in [1.54, 1.807) is 0 Å². The SMILES string of the molecule is CC(Cl)CCCC1OCCc2ccccc21.